The number of pyridine rings is 2. The van der Waals surface area contributed by atoms with Crippen molar-refractivity contribution in [2.24, 2.45) is 0 Å². The van der Waals surface area contributed by atoms with Crippen molar-refractivity contribution in [2.45, 2.75) is 127 Å². The lowest BCUT2D eigenvalue weighted by molar-refractivity contribution is 0.0514. The van der Waals surface area contributed by atoms with Gasteiger partial charge in [-0.25, -0.2) is 22.8 Å². The molecule has 316 valence electrons. The van der Waals surface area contributed by atoms with Gasteiger partial charge in [0.1, 0.15) is 16.9 Å². The Morgan fingerprint density at radius 2 is 1.39 bits per heavy atom. The summed E-state index contributed by atoms with van der Waals surface area (Å²) in [7, 11) is 0. The minimum absolute atomic E-state index is 0.00997. The normalized spacial score (nSPS) is 22.5. The van der Waals surface area contributed by atoms with Crippen LogP contribution in [0.25, 0.3) is 21.8 Å². The Morgan fingerprint density at radius 1 is 0.797 bits per heavy atom. The van der Waals surface area contributed by atoms with Gasteiger partial charge in [0.25, 0.3) is 0 Å². The number of hydrogen-bond acceptors (Lipinski definition) is 10. The Morgan fingerprint density at radius 3 is 1.97 bits per heavy atom. The molecule has 5 aliphatic rings. The molecule has 15 heteroatoms. The zero-order chi connectivity index (χ0) is 41.7. The number of aryl methyl sites for hydroxylation is 2. The number of nitrogens with zero attached hydrogens (tertiary/aromatic N) is 3. The van der Waals surface area contributed by atoms with Crippen molar-refractivity contribution in [1.82, 2.24) is 14.5 Å². The molecule has 2 saturated heterocycles. The van der Waals surface area contributed by atoms with Crippen molar-refractivity contribution in [3.63, 3.8) is 0 Å². The van der Waals surface area contributed by atoms with Gasteiger partial charge in [-0.1, -0.05) is 0 Å². The molecule has 0 unspecified atom stereocenters. The highest BCUT2D eigenvalue weighted by Gasteiger charge is 2.38. The number of esters is 2. The third-order valence-electron chi connectivity index (χ3n) is 12.3. The fourth-order valence-electron chi connectivity index (χ4n) is 9.36. The molecular weight excluding hydrogens is 769 g/mol. The first-order valence-corrected chi connectivity index (χ1v) is 21.1. The lowest BCUT2D eigenvalue weighted by atomic mass is 9.99. The fraction of sp³-hybridized carbons (Fsp3) is 0.545. The zero-order valence-electron chi connectivity index (χ0n) is 33.4. The van der Waals surface area contributed by atoms with Crippen LogP contribution in [0.2, 0.25) is 0 Å². The van der Waals surface area contributed by atoms with Crippen LogP contribution >= 0.6 is 0 Å². The van der Waals surface area contributed by atoms with E-state index in [1.165, 1.54) is 12.3 Å². The molecule has 12 nitrogen and oxygen atoms in total. The predicted molar refractivity (Wildman–Crippen MR) is 215 cm³/mol. The first kappa shape index (κ1) is 41.0. The number of fused-ring (bicyclic) bond motifs is 6. The number of rotatable bonds is 10. The predicted octanol–water partition coefficient (Wildman–Crippen LogP) is 5.76. The van der Waals surface area contributed by atoms with Gasteiger partial charge >= 0.3 is 11.9 Å². The molecule has 3 aliphatic heterocycles. The standard InChI is InChI=1S/C22H26F2N2O4.C22H25FN2O4/c1-2-30-22(29)17-11-26(13-6-7-13)20-15(5-3-4-12-8-14(27)10-25-12)19(24)18(23)9-16(20)21(17)28;1-2-29-22(28)17-11-25(12-6-7-12)19-15-5-3-4-13-8-14(26)10-24(13)20(15)18(23)9-16(19)21(17)27/h9,11-14,25,27H,2-8,10H2,1H3;9,11-14,26H,2-8,10H2,1H3/t12-,14-;13-,14-/m11/s1. The average molecular weight is 821 g/mol. The molecule has 4 fully saturated rings. The molecule has 2 aromatic heterocycles. The lowest BCUT2D eigenvalue weighted by Gasteiger charge is -2.27. The molecule has 2 aliphatic carbocycles. The monoisotopic (exact) mass is 820 g/mol. The van der Waals surface area contributed by atoms with Crippen LogP contribution in [0.4, 0.5) is 18.9 Å². The van der Waals surface area contributed by atoms with Crippen LogP contribution in [0.3, 0.4) is 0 Å². The van der Waals surface area contributed by atoms with Crippen LogP contribution in [-0.2, 0) is 22.3 Å². The van der Waals surface area contributed by atoms with E-state index >= 15 is 4.39 Å². The second kappa shape index (κ2) is 16.7. The Labute approximate surface area is 338 Å². The van der Waals surface area contributed by atoms with E-state index in [2.05, 4.69) is 5.32 Å². The average Bonchev–Trinajstić information content (AvgIpc) is 4.14. The van der Waals surface area contributed by atoms with Crippen molar-refractivity contribution >= 4 is 39.4 Å². The number of aromatic nitrogens is 2. The van der Waals surface area contributed by atoms with Crippen molar-refractivity contribution in [3.05, 3.63) is 84.7 Å². The lowest BCUT2D eigenvalue weighted by Crippen LogP contribution is -2.30. The van der Waals surface area contributed by atoms with E-state index < -0.39 is 46.4 Å². The summed E-state index contributed by atoms with van der Waals surface area (Å²) < 4.78 is 58.4. The topological polar surface area (TPSA) is 152 Å². The smallest absolute Gasteiger partial charge is 0.343 e. The zero-order valence-corrected chi connectivity index (χ0v) is 33.4. The van der Waals surface area contributed by atoms with Gasteiger partial charge in [-0.15, -0.1) is 0 Å². The van der Waals surface area contributed by atoms with E-state index in [9.17, 15) is 38.2 Å². The third-order valence-corrected chi connectivity index (χ3v) is 12.3. The summed E-state index contributed by atoms with van der Waals surface area (Å²) in [5.41, 5.74) is 1.33. The first-order valence-electron chi connectivity index (χ1n) is 21.1. The van der Waals surface area contributed by atoms with Gasteiger partial charge in [-0.2, -0.15) is 0 Å². The number of ether oxygens (including phenoxy) is 2. The number of carbonyl (C=O) groups is 2. The molecule has 4 atom stereocenters. The van der Waals surface area contributed by atoms with Gasteiger partial charge in [0.15, 0.2) is 11.6 Å². The van der Waals surface area contributed by atoms with Crippen LogP contribution in [0.5, 0.6) is 0 Å². The summed E-state index contributed by atoms with van der Waals surface area (Å²) in [4.78, 5) is 52.6. The van der Waals surface area contributed by atoms with Crippen molar-refractivity contribution < 1.29 is 42.4 Å². The van der Waals surface area contributed by atoms with Crippen molar-refractivity contribution in [2.75, 3.05) is 31.2 Å². The number of aliphatic hydroxyl groups is 2. The van der Waals surface area contributed by atoms with Crippen LogP contribution in [0.1, 0.15) is 122 Å². The molecule has 59 heavy (non-hydrogen) atoms. The van der Waals surface area contributed by atoms with Gasteiger partial charge in [0, 0.05) is 71.5 Å². The number of halogens is 3. The molecule has 0 bridgehead atoms. The largest absolute Gasteiger partial charge is 0.462 e. The molecule has 9 rings (SSSR count). The number of hydrogen-bond donors (Lipinski definition) is 3. The Balaban J connectivity index is 0.000000164. The van der Waals surface area contributed by atoms with E-state index in [0.717, 1.165) is 55.7 Å². The molecule has 2 saturated carbocycles. The number of carbonyl (C=O) groups excluding carboxylic acids is 2. The summed E-state index contributed by atoms with van der Waals surface area (Å²) in [6.45, 7) is 4.58. The quantitative estimate of drug-likeness (QED) is 0.168. The molecule has 0 radical (unpaired) electrons. The molecule has 4 aromatic rings. The molecule has 2 aromatic carbocycles. The molecule has 0 spiro atoms. The Hall–Kier alpha value is -4.73. The Kier molecular flexibility index (Phi) is 11.6. The van der Waals surface area contributed by atoms with E-state index in [4.69, 9.17) is 9.47 Å². The maximum Gasteiger partial charge on any atom is 0.343 e. The highest BCUT2D eigenvalue weighted by Crippen LogP contribution is 2.44. The van der Waals surface area contributed by atoms with Crippen LogP contribution in [0.15, 0.2) is 34.1 Å². The summed E-state index contributed by atoms with van der Waals surface area (Å²) in [6, 6.07) is 2.71. The number of anilines is 1. The Bertz CT molecular complexity index is 2430. The first-order chi connectivity index (χ1) is 28.4. The maximum atomic E-state index is 15.4. The van der Waals surface area contributed by atoms with Gasteiger partial charge in [-0.05, 0) is 103 Å². The maximum absolute atomic E-state index is 15.4. The van der Waals surface area contributed by atoms with Crippen LogP contribution in [0, 0.1) is 17.5 Å². The molecule has 3 N–H and O–H groups in total. The SMILES string of the molecule is CCOC(=O)c1cn(C2CC2)c2c(CCC[C@@H]3C[C@@H](O)CN3)c(F)c(F)cc2c1=O.CCOC(=O)c1cn(C2CC2)c2c3c(c(F)cc2c1=O)N1C[C@H](O)C[C@H]1CCC3. The van der Waals surface area contributed by atoms with E-state index in [1.807, 2.05) is 9.47 Å². The second-order valence-corrected chi connectivity index (χ2v) is 16.6. The van der Waals surface area contributed by atoms with Gasteiger partial charge < -0.3 is 39.0 Å². The van der Waals surface area contributed by atoms with Crippen LogP contribution < -0.4 is 21.1 Å². The number of aliphatic hydroxyl groups excluding tert-OH is 2. The minimum Gasteiger partial charge on any atom is -0.462 e. The van der Waals surface area contributed by atoms with E-state index in [1.54, 1.807) is 24.6 Å². The van der Waals surface area contributed by atoms with Gasteiger partial charge in [0.2, 0.25) is 10.9 Å². The molecule has 5 heterocycles. The van der Waals surface area contributed by atoms with E-state index in [-0.39, 0.29) is 77.4 Å². The van der Waals surface area contributed by atoms with Crippen molar-refractivity contribution in [3.8, 4) is 0 Å². The number of nitrogens with one attached hydrogen (secondary N) is 1. The summed E-state index contributed by atoms with van der Waals surface area (Å²) in [5.74, 6) is -3.90. The molecule has 0 amide bonds. The van der Waals surface area contributed by atoms with Gasteiger partial charge in [-0.3, -0.25) is 9.59 Å². The molecular formula is C44H51F3N4O8. The summed E-state index contributed by atoms with van der Waals surface area (Å²) in [6.07, 6.45) is 11.1. The fourth-order valence-corrected chi connectivity index (χ4v) is 9.36. The third kappa shape index (κ3) is 8.00. The minimum atomic E-state index is -1.09. The highest BCUT2D eigenvalue weighted by atomic mass is 19.2. The number of benzene rings is 2. The second-order valence-electron chi connectivity index (χ2n) is 16.6. The highest BCUT2D eigenvalue weighted by molar-refractivity contribution is 5.97. The van der Waals surface area contributed by atoms with E-state index in [0.29, 0.717) is 56.4 Å². The van der Waals surface area contributed by atoms with Gasteiger partial charge in [0.05, 0.1) is 42.1 Å². The van der Waals surface area contributed by atoms with Crippen LogP contribution in [-0.4, -0.2) is 81.9 Å². The number of β-amino-alcohol motifs (C(OH)–C–C–N with tert-alkyl or cyclic N) is 1. The van der Waals surface area contributed by atoms with Crippen molar-refractivity contribution in [1.29, 1.82) is 0 Å². The summed E-state index contributed by atoms with van der Waals surface area (Å²) in [5, 5.41) is 23.3. The summed E-state index contributed by atoms with van der Waals surface area (Å²) >= 11 is 0.